The monoisotopic (exact) mass is 421 g/mol. The third-order valence-corrected chi connectivity index (χ3v) is 4.68. The fourth-order valence-corrected chi connectivity index (χ4v) is 3.16. The second kappa shape index (κ2) is 14.3. The summed E-state index contributed by atoms with van der Waals surface area (Å²) in [5, 5.41) is 0. The fraction of sp³-hybridized carbons (Fsp3) is 0.407. The Morgan fingerprint density at radius 1 is 1.16 bits per heavy atom. The second-order valence-electron chi connectivity index (χ2n) is 7.74. The zero-order chi connectivity index (χ0) is 23.2. The fourth-order valence-electron chi connectivity index (χ4n) is 3.16. The largest absolute Gasteiger partial charge is 0.377 e. The van der Waals surface area contributed by atoms with Gasteiger partial charge >= 0.3 is 0 Å². The van der Waals surface area contributed by atoms with Crippen LogP contribution in [-0.4, -0.2) is 35.8 Å². The lowest BCUT2D eigenvalue weighted by atomic mass is 10.0. The van der Waals surface area contributed by atoms with Crippen molar-refractivity contribution in [1.29, 1.82) is 0 Å². The summed E-state index contributed by atoms with van der Waals surface area (Å²) in [5.74, 6) is 0.877. The molecule has 0 bridgehead atoms. The van der Waals surface area contributed by atoms with Crippen LogP contribution in [0.2, 0.25) is 0 Å². The minimum atomic E-state index is 0.308. The lowest BCUT2D eigenvalue weighted by Gasteiger charge is -2.28. The molecule has 4 heteroatoms. The van der Waals surface area contributed by atoms with E-state index in [1.165, 1.54) is 0 Å². The number of rotatable bonds is 14. The third kappa shape index (κ3) is 8.50. The van der Waals surface area contributed by atoms with Gasteiger partial charge in [0.05, 0.1) is 24.2 Å². The number of aromatic nitrogens is 2. The maximum atomic E-state index is 5.63. The molecule has 1 heterocycles. The van der Waals surface area contributed by atoms with Crippen molar-refractivity contribution in [3.05, 3.63) is 79.4 Å². The molecule has 0 amide bonds. The van der Waals surface area contributed by atoms with Gasteiger partial charge in [-0.05, 0) is 53.0 Å². The second-order valence-corrected chi connectivity index (χ2v) is 7.74. The van der Waals surface area contributed by atoms with Crippen molar-refractivity contribution in [2.75, 3.05) is 24.7 Å². The number of nitrogens with zero attached hydrogens (tertiary/aromatic N) is 3. The SMILES string of the molecule is C=C/C=C(\C=C)c1ncc(N(CCCCOCC(=C)C)C(C)C)nc1C(/C=C\C)=C/C. The Bertz CT molecular complexity index is 831. The molecule has 0 saturated heterocycles. The van der Waals surface area contributed by atoms with Crippen LogP contribution in [0.1, 0.15) is 58.8 Å². The van der Waals surface area contributed by atoms with Crippen molar-refractivity contribution in [3.63, 3.8) is 0 Å². The van der Waals surface area contributed by atoms with Crippen LogP contribution in [0.4, 0.5) is 5.82 Å². The molecule has 0 aliphatic rings. The molecule has 0 saturated carbocycles. The zero-order valence-electron chi connectivity index (χ0n) is 20.0. The molecule has 0 aliphatic heterocycles. The van der Waals surface area contributed by atoms with Gasteiger partial charge in [-0.15, -0.1) is 0 Å². The van der Waals surface area contributed by atoms with Gasteiger partial charge in [-0.2, -0.15) is 0 Å². The van der Waals surface area contributed by atoms with E-state index in [0.717, 1.165) is 59.9 Å². The average molecular weight is 422 g/mol. The van der Waals surface area contributed by atoms with Crippen molar-refractivity contribution < 1.29 is 4.74 Å². The van der Waals surface area contributed by atoms with Gasteiger partial charge in [0.1, 0.15) is 5.82 Å². The number of ether oxygens (including phenoxy) is 1. The van der Waals surface area contributed by atoms with Crippen LogP contribution in [0.25, 0.3) is 11.1 Å². The highest BCUT2D eigenvalue weighted by molar-refractivity contribution is 5.84. The van der Waals surface area contributed by atoms with E-state index in [4.69, 9.17) is 14.7 Å². The van der Waals surface area contributed by atoms with Crippen molar-refractivity contribution in [1.82, 2.24) is 9.97 Å². The first-order valence-electron chi connectivity index (χ1n) is 11.0. The van der Waals surface area contributed by atoms with E-state index in [1.54, 1.807) is 12.2 Å². The van der Waals surface area contributed by atoms with Crippen LogP contribution in [0.3, 0.4) is 0 Å². The molecule has 31 heavy (non-hydrogen) atoms. The topological polar surface area (TPSA) is 38.2 Å². The molecule has 0 unspecified atom stereocenters. The first kappa shape index (κ1) is 26.3. The van der Waals surface area contributed by atoms with E-state index in [-0.39, 0.29) is 0 Å². The summed E-state index contributed by atoms with van der Waals surface area (Å²) < 4.78 is 5.63. The Kier molecular flexibility index (Phi) is 12.2. The molecule has 0 fully saturated rings. The Hall–Kier alpha value is -2.72. The lowest BCUT2D eigenvalue weighted by Crippen LogP contribution is -2.33. The normalized spacial score (nSPS) is 12.5. The summed E-state index contributed by atoms with van der Waals surface area (Å²) in [6.07, 6.45) is 15.5. The van der Waals surface area contributed by atoms with Crippen molar-refractivity contribution in [2.45, 2.75) is 53.5 Å². The number of hydrogen-bond acceptors (Lipinski definition) is 4. The zero-order valence-corrected chi connectivity index (χ0v) is 20.0. The van der Waals surface area contributed by atoms with Gasteiger partial charge in [0, 0.05) is 24.8 Å². The van der Waals surface area contributed by atoms with Crippen molar-refractivity contribution >= 4 is 17.0 Å². The van der Waals surface area contributed by atoms with E-state index < -0.39 is 0 Å². The van der Waals surface area contributed by atoms with Crippen LogP contribution in [0.5, 0.6) is 0 Å². The summed E-state index contributed by atoms with van der Waals surface area (Å²) in [7, 11) is 0. The van der Waals surface area contributed by atoms with Gasteiger partial charge < -0.3 is 9.64 Å². The van der Waals surface area contributed by atoms with Crippen LogP contribution >= 0.6 is 0 Å². The smallest absolute Gasteiger partial charge is 0.148 e. The molecule has 168 valence electrons. The van der Waals surface area contributed by atoms with Crippen LogP contribution in [0.15, 0.2) is 68.0 Å². The number of allylic oxidation sites excluding steroid dienone is 8. The van der Waals surface area contributed by atoms with Gasteiger partial charge in [0.25, 0.3) is 0 Å². The summed E-state index contributed by atoms with van der Waals surface area (Å²) >= 11 is 0. The summed E-state index contributed by atoms with van der Waals surface area (Å²) in [6.45, 7) is 24.3. The Morgan fingerprint density at radius 2 is 1.90 bits per heavy atom. The number of hydrogen-bond donors (Lipinski definition) is 0. The Balaban J connectivity index is 3.21. The molecule has 0 atom stereocenters. The standard InChI is InChI=1S/C27H39N3O/c1-9-15-23(11-3)26-27(24(12-4)16-10-2)29-25(19-28-26)30(22(7)8)17-13-14-18-31-20-21(5)6/h9-12,15-16,19,22H,1,3,5,13-14,17-18,20H2,2,4,6-8H3/b16-10-,23-15+,24-12+. The average Bonchev–Trinajstić information content (AvgIpc) is 2.74. The maximum Gasteiger partial charge on any atom is 0.148 e. The molecule has 0 spiro atoms. The van der Waals surface area contributed by atoms with Gasteiger partial charge in [-0.25, -0.2) is 4.98 Å². The predicted molar refractivity (Wildman–Crippen MR) is 136 cm³/mol. The molecule has 4 nitrogen and oxygen atoms in total. The number of anilines is 1. The minimum absolute atomic E-state index is 0.308. The van der Waals surface area contributed by atoms with Gasteiger partial charge in [-0.1, -0.05) is 61.8 Å². The van der Waals surface area contributed by atoms with E-state index in [2.05, 4.69) is 50.6 Å². The first-order chi connectivity index (χ1) is 14.9. The quantitative estimate of drug-likeness (QED) is 0.188. The highest BCUT2D eigenvalue weighted by atomic mass is 16.5. The molecule has 1 aromatic rings. The minimum Gasteiger partial charge on any atom is -0.377 e. The summed E-state index contributed by atoms with van der Waals surface area (Å²) in [5.41, 5.74) is 4.64. The van der Waals surface area contributed by atoms with Crippen molar-refractivity contribution in [2.24, 2.45) is 0 Å². The lowest BCUT2D eigenvalue weighted by molar-refractivity contribution is 0.152. The Morgan fingerprint density at radius 3 is 2.45 bits per heavy atom. The van der Waals surface area contributed by atoms with E-state index in [1.807, 2.05) is 39.1 Å². The van der Waals surface area contributed by atoms with Crippen LogP contribution in [-0.2, 0) is 4.74 Å². The molecule has 1 aromatic heterocycles. The van der Waals surface area contributed by atoms with Gasteiger partial charge in [0.2, 0.25) is 0 Å². The van der Waals surface area contributed by atoms with Crippen LogP contribution in [0, 0.1) is 0 Å². The maximum absolute atomic E-state index is 5.63. The predicted octanol–water partition coefficient (Wildman–Crippen LogP) is 6.80. The molecule has 1 rings (SSSR count). The highest BCUT2D eigenvalue weighted by Gasteiger charge is 2.17. The molecule has 0 radical (unpaired) electrons. The van der Waals surface area contributed by atoms with Gasteiger partial charge in [-0.3, -0.25) is 4.98 Å². The third-order valence-electron chi connectivity index (χ3n) is 4.68. The summed E-state index contributed by atoms with van der Waals surface area (Å²) in [6, 6.07) is 0.308. The van der Waals surface area contributed by atoms with Gasteiger partial charge in [0.15, 0.2) is 0 Å². The van der Waals surface area contributed by atoms with E-state index in [9.17, 15) is 0 Å². The molecule has 0 aliphatic carbocycles. The molecular weight excluding hydrogens is 382 g/mol. The first-order valence-corrected chi connectivity index (χ1v) is 11.0. The summed E-state index contributed by atoms with van der Waals surface area (Å²) in [4.78, 5) is 12.1. The molecular formula is C27H39N3O. The van der Waals surface area contributed by atoms with Crippen molar-refractivity contribution in [3.8, 4) is 0 Å². The molecule has 0 aromatic carbocycles. The van der Waals surface area contributed by atoms with E-state index in [0.29, 0.717) is 12.6 Å². The molecule has 0 N–H and O–H groups in total. The highest BCUT2D eigenvalue weighted by Crippen LogP contribution is 2.27. The Labute approximate surface area is 189 Å². The van der Waals surface area contributed by atoms with E-state index >= 15 is 0 Å². The number of unbranched alkanes of at least 4 members (excludes halogenated alkanes) is 1. The van der Waals surface area contributed by atoms with Crippen LogP contribution < -0.4 is 4.90 Å².